The van der Waals surface area contributed by atoms with E-state index in [1.165, 1.54) is 18.9 Å². The number of alkyl halides is 3. The summed E-state index contributed by atoms with van der Waals surface area (Å²) >= 11 is 0. The van der Waals surface area contributed by atoms with Crippen LogP contribution in [0.1, 0.15) is 25.0 Å². The van der Waals surface area contributed by atoms with Gasteiger partial charge in [0.05, 0.1) is 12.1 Å². The molecule has 2 rings (SSSR count). The third-order valence-corrected chi connectivity index (χ3v) is 4.23. The van der Waals surface area contributed by atoms with E-state index in [-0.39, 0.29) is 36.2 Å². The highest BCUT2D eigenvalue weighted by molar-refractivity contribution is 5.83. The van der Waals surface area contributed by atoms with E-state index in [4.69, 9.17) is 4.74 Å². The van der Waals surface area contributed by atoms with Gasteiger partial charge in [-0.15, -0.1) is 0 Å². The maximum atomic E-state index is 13.2. The number of carbonyl (C=O) groups is 3. The molecule has 0 spiro atoms. The van der Waals surface area contributed by atoms with Crippen molar-refractivity contribution in [1.82, 2.24) is 10.2 Å². The molecular formula is C21H21F3N2O4. The standard InChI is InChI=1S/C21H21F3N2O4/c1-13(27)26(12-20(29)25-3)11-15-5-4-6-16(9-15)18-10-17(21(22,23)24)7-8-19(18)30-14(2)28/h4-10H,11-12H2,1-3H3,(H,25,29). The predicted molar refractivity (Wildman–Crippen MR) is 103 cm³/mol. The van der Waals surface area contributed by atoms with Gasteiger partial charge in [-0.25, -0.2) is 0 Å². The van der Waals surface area contributed by atoms with Crippen LogP contribution in [-0.2, 0) is 27.1 Å². The van der Waals surface area contributed by atoms with E-state index in [0.29, 0.717) is 11.1 Å². The molecule has 2 amide bonds. The van der Waals surface area contributed by atoms with E-state index in [1.54, 1.807) is 24.3 Å². The molecule has 0 bridgehead atoms. The maximum Gasteiger partial charge on any atom is 0.416 e. The van der Waals surface area contributed by atoms with Crippen molar-refractivity contribution < 1.29 is 32.3 Å². The topological polar surface area (TPSA) is 75.7 Å². The molecule has 0 atom stereocenters. The second-order valence-electron chi connectivity index (χ2n) is 6.55. The number of hydrogen-bond acceptors (Lipinski definition) is 4. The number of nitrogens with zero attached hydrogens (tertiary/aromatic N) is 1. The number of benzene rings is 2. The van der Waals surface area contributed by atoms with Crippen molar-refractivity contribution in [2.24, 2.45) is 0 Å². The van der Waals surface area contributed by atoms with Gasteiger partial charge in [-0.2, -0.15) is 13.2 Å². The summed E-state index contributed by atoms with van der Waals surface area (Å²) in [7, 11) is 1.45. The van der Waals surface area contributed by atoms with E-state index < -0.39 is 17.7 Å². The molecule has 0 aromatic heterocycles. The summed E-state index contributed by atoms with van der Waals surface area (Å²) < 4.78 is 44.6. The molecule has 0 aliphatic carbocycles. The Balaban J connectivity index is 2.45. The fraction of sp³-hybridized carbons (Fsp3) is 0.286. The largest absolute Gasteiger partial charge is 0.426 e. The van der Waals surface area contributed by atoms with Crippen LogP contribution in [0.3, 0.4) is 0 Å². The first kappa shape index (κ1) is 22.9. The minimum Gasteiger partial charge on any atom is -0.426 e. The molecule has 2 aromatic carbocycles. The van der Waals surface area contributed by atoms with E-state index >= 15 is 0 Å². The van der Waals surface area contributed by atoms with Crippen molar-refractivity contribution in [3.05, 3.63) is 53.6 Å². The van der Waals surface area contributed by atoms with Gasteiger partial charge in [-0.3, -0.25) is 14.4 Å². The molecule has 0 aliphatic rings. The quantitative estimate of drug-likeness (QED) is 0.572. The fourth-order valence-electron chi connectivity index (χ4n) is 2.76. The summed E-state index contributed by atoms with van der Waals surface area (Å²) in [6.45, 7) is 2.40. The summed E-state index contributed by atoms with van der Waals surface area (Å²) in [6, 6.07) is 9.30. The van der Waals surface area contributed by atoms with Gasteiger partial charge in [0.1, 0.15) is 5.75 Å². The predicted octanol–water partition coefficient (Wildman–Crippen LogP) is 3.39. The SMILES string of the molecule is CNC(=O)CN(Cc1cccc(-c2cc(C(F)(F)F)ccc2OC(C)=O)c1)C(C)=O. The molecule has 0 unspecified atom stereocenters. The molecule has 0 heterocycles. The van der Waals surface area contributed by atoms with E-state index in [2.05, 4.69) is 5.32 Å². The summed E-state index contributed by atoms with van der Waals surface area (Å²) in [5.41, 5.74) is 0.169. The Morgan fingerprint density at radius 1 is 1.07 bits per heavy atom. The van der Waals surface area contributed by atoms with Gasteiger partial charge in [0.15, 0.2) is 0 Å². The van der Waals surface area contributed by atoms with Gasteiger partial charge in [0, 0.05) is 33.0 Å². The van der Waals surface area contributed by atoms with Crippen LogP contribution in [0.15, 0.2) is 42.5 Å². The molecule has 2 aromatic rings. The third kappa shape index (κ3) is 6.07. The summed E-state index contributed by atoms with van der Waals surface area (Å²) in [5.74, 6) is -1.36. The van der Waals surface area contributed by atoms with Crippen LogP contribution in [0.25, 0.3) is 11.1 Å². The van der Waals surface area contributed by atoms with Gasteiger partial charge < -0.3 is 15.0 Å². The van der Waals surface area contributed by atoms with Gasteiger partial charge in [-0.05, 0) is 35.4 Å². The second-order valence-corrected chi connectivity index (χ2v) is 6.55. The molecule has 0 saturated carbocycles. The van der Waals surface area contributed by atoms with Crippen molar-refractivity contribution >= 4 is 17.8 Å². The average molecular weight is 422 g/mol. The molecule has 160 valence electrons. The number of hydrogen-bond donors (Lipinski definition) is 1. The second kappa shape index (κ2) is 9.43. The lowest BCUT2D eigenvalue weighted by atomic mass is 9.99. The molecule has 0 fully saturated rings. The Kier molecular flexibility index (Phi) is 7.20. The van der Waals surface area contributed by atoms with Crippen LogP contribution in [0.2, 0.25) is 0 Å². The summed E-state index contributed by atoms with van der Waals surface area (Å²) in [6.07, 6.45) is -4.57. The molecule has 9 heteroatoms. The molecular weight excluding hydrogens is 401 g/mol. The lowest BCUT2D eigenvalue weighted by molar-refractivity contribution is -0.137. The Morgan fingerprint density at radius 2 is 1.77 bits per heavy atom. The molecule has 6 nitrogen and oxygen atoms in total. The van der Waals surface area contributed by atoms with Gasteiger partial charge in [-0.1, -0.05) is 18.2 Å². The van der Waals surface area contributed by atoms with E-state index in [0.717, 1.165) is 25.1 Å². The first-order valence-electron chi connectivity index (χ1n) is 8.96. The van der Waals surface area contributed by atoms with Gasteiger partial charge in [0.25, 0.3) is 0 Å². The highest BCUT2D eigenvalue weighted by atomic mass is 19.4. The number of nitrogens with one attached hydrogen (secondary N) is 1. The van der Waals surface area contributed by atoms with Crippen molar-refractivity contribution in [2.45, 2.75) is 26.6 Å². The van der Waals surface area contributed by atoms with Crippen molar-refractivity contribution in [1.29, 1.82) is 0 Å². The zero-order valence-corrected chi connectivity index (χ0v) is 16.7. The monoisotopic (exact) mass is 422 g/mol. The smallest absolute Gasteiger partial charge is 0.416 e. The third-order valence-electron chi connectivity index (χ3n) is 4.23. The average Bonchev–Trinajstić information content (AvgIpc) is 2.66. The number of amides is 2. The maximum absolute atomic E-state index is 13.2. The number of esters is 1. The highest BCUT2D eigenvalue weighted by Crippen LogP contribution is 2.37. The van der Waals surface area contributed by atoms with Crippen molar-refractivity contribution in [3.63, 3.8) is 0 Å². The first-order valence-corrected chi connectivity index (χ1v) is 8.96. The summed E-state index contributed by atoms with van der Waals surface area (Å²) in [5, 5.41) is 2.43. The van der Waals surface area contributed by atoms with E-state index in [1.807, 2.05) is 0 Å². The fourth-order valence-corrected chi connectivity index (χ4v) is 2.76. The Hall–Kier alpha value is -3.36. The zero-order valence-electron chi connectivity index (χ0n) is 16.7. The molecule has 0 aliphatic heterocycles. The van der Waals surface area contributed by atoms with Crippen LogP contribution in [0.5, 0.6) is 5.75 Å². The lowest BCUT2D eigenvalue weighted by Crippen LogP contribution is -2.37. The Labute approximate surface area is 171 Å². The number of carbonyl (C=O) groups excluding carboxylic acids is 3. The highest BCUT2D eigenvalue weighted by Gasteiger charge is 2.31. The van der Waals surface area contributed by atoms with Crippen LogP contribution in [0, 0.1) is 0 Å². The van der Waals surface area contributed by atoms with Gasteiger partial charge >= 0.3 is 12.1 Å². The normalized spacial score (nSPS) is 11.0. The van der Waals surface area contributed by atoms with Crippen molar-refractivity contribution in [2.75, 3.05) is 13.6 Å². The number of rotatable bonds is 6. The van der Waals surface area contributed by atoms with Crippen LogP contribution >= 0.6 is 0 Å². The minimum atomic E-state index is -4.57. The van der Waals surface area contributed by atoms with Crippen LogP contribution in [-0.4, -0.2) is 36.3 Å². The number of ether oxygens (including phenoxy) is 1. The molecule has 1 N–H and O–H groups in total. The molecule has 30 heavy (non-hydrogen) atoms. The van der Waals surface area contributed by atoms with E-state index in [9.17, 15) is 27.6 Å². The molecule has 0 saturated heterocycles. The minimum absolute atomic E-state index is 0.0126. The van der Waals surface area contributed by atoms with Crippen molar-refractivity contribution in [3.8, 4) is 16.9 Å². The lowest BCUT2D eigenvalue weighted by Gasteiger charge is -2.21. The Morgan fingerprint density at radius 3 is 2.33 bits per heavy atom. The zero-order chi connectivity index (χ0) is 22.5. The Bertz CT molecular complexity index is 958. The van der Waals surface area contributed by atoms with Gasteiger partial charge in [0.2, 0.25) is 11.8 Å². The first-order chi connectivity index (χ1) is 14.0. The summed E-state index contributed by atoms with van der Waals surface area (Å²) in [4.78, 5) is 36.1. The number of likely N-dealkylation sites (N-methyl/N-ethyl adjacent to an activating group) is 1. The van der Waals surface area contributed by atoms with Crippen LogP contribution in [0.4, 0.5) is 13.2 Å². The number of halogens is 3. The van der Waals surface area contributed by atoms with Crippen LogP contribution < -0.4 is 10.1 Å². The molecule has 0 radical (unpaired) electrons.